The molecule has 0 radical (unpaired) electrons. The number of carbonyl (C=O) groups is 2. The zero-order valence-corrected chi connectivity index (χ0v) is 19.9. The number of benzene rings is 2. The molecule has 3 aliphatic rings. The van der Waals surface area contributed by atoms with Gasteiger partial charge in [0.1, 0.15) is 0 Å². The summed E-state index contributed by atoms with van der Waals surface area (Å²) in [7, 11) is -2.45. The Balaban J connectivity index is 1.33. The van der Waals surface area contributed by atoms with E-state index < -0.39 is 21.4 Å². The Morgan fingerprint density at radius 3 is 1.88 bits per heavy atom. The molecule has 0 aliphatic carbocycles. The molecule has 2 amide bonds. The zero-order chi connectivity index (χ0) is 23.4. The first-order valence-electron chi connectivity index (χ1n) is 11.4. The van der Waals surface area contributed by atoms with E-state index in [0.29, 0.717) is 43.4 Å². The number of anilines is 2. The molecule has 3 fully saturated rings. The topological polar surface area (TPSA) is 84.3 Å². The molecule has 33 heavy (non-hydrogen) atoms. The van der Waals surface area contributed by atoms with Crippen molar-refractivity contribution in [3.05, 3.63) is 60.2 Å². The number of hydrogen-bond acceptors (Lipinski definition) is 6. The van der Waals surface area contributed by atoms with E-state index in [4.69, 9.17) is 0 Å². The van der Waals surface area contributed by atoms with E-state index >= 15 is 0 Å². The first-order chi connectivity index (χ1) is 15.6. The summed E-state index contributed by atoms with van der Waals surface area (Å²) >= 11 is 0. The van der Waals surface area contributed by atoms with Gasteiger partial charge < -0.3 is 4.90 Å². The number of rotatable bonds is 4. The second kappa shape index (κ2) is 7.84. The third kappa shape index (κ3) is 3.65. The molecule has 0 aromatic heterocycles. The molecule has 3 heterocycles. The van der Waals surface area contributed by atoms with Crippen LogP contribution in [0.15, 0.2) is 54.6 Å². The van der Waals surface area contributed by atoms with E-state index in [0.717, 1.165) is 12.2 Å². The summed E-state index contributed by atoms with van der Waals surface area (Å²) in [5, 5.41) is 0. The molecule has 2 atom stereocenters. The van der Waals surface area contributed by atoms with Crippen LogP contribution in [0.25, 0.3) is 0 Å². The Morgan fingerprint density at radius 2 is 1.33 bits per heavy atom. The van der Waals surface area contributed by atoms with Gasteiger partial charge in [-0.15, -0.1) is 0 Å². The molecule has 8 heteroatoms. The molecule has 2 N–H and O–H groups in total. The average molecular weight is 470 g/mol. The van der Waals surface area contributed by atoms with Crippen molar-refractivity contribution in [3.63, 3.8) is 0 Å². The minimum atomic E-state index is -2.45. The van der Waals surface area contributed by atoms with E-state index in [9.17, 15) is 18.7 Å². The van der Waals surface area contributed by atoms with E-state index in [2.05, 4.69) is 21.9 Å². The van der Waals surface area contributed by atoms with E-state index in [1.54, 1.807) is 0 Å². The molecule has 0 saturated carbocycles. The lowest BCUT2D eigenvalue weighted by Gasteiger charge is -2.42. The Hall–Kier alpha value is -2.39. The molecule has 0 bridgehead atoms. The number of imide groups is 1. The smallest absolute Gasteiger partial charge is 0.242 e. The first-order valence-corrected chi connectivity index (χ1v) is 13.3. The molecule has 2 unspecified atom stereocenters. The lowest BCUT2D eigenvalue weighted by Crippen LogP contribution is -2.39. The van der Waals surface area contributed by atoms with Gasteiger partial charge in [0.25, 0.3) is 0 Å². The molecule has 5 rings (SSSR count). The average Bonchev–Trinajstić information content (AvgIpc) is 3.13. The van der Waals surface area contributed by atoms with Gasteiger partial charge >= 0.3 is 0 Å². The van der Waals surface area contributed by atoms with Crippen LogP contribution in [0.4, 0.5) is 11.4 Å². The summed E-state index contributed by atoms with van der Waals surface area (Å²) in [4.78, 5) is 32.9. The van der Waals surface area contributed by atoms with Gasteiger partial charge in [0.15, 0.2) is 0 Å². The third-order valence-electron chi connectivity index (χ3n) is 7.75. The van der Waals surface area contributed by atoms with Crippen LogP contribution in [-0.2, 0) is 16.1 Å². The van der Waals surface area contributed by atoms with E-state index in [1.165, 1.54) is 10.5 Å². The van der Waals surface area contributed by atoms with Gasteiger partial charge in [0.2, 0.25) is 11.8 Å². The van der Waals surface area contributed by atoms with Crippen LogP contribution in [0, 0.1) is 10.8 Å². The summed E-state index contributed by atoms with van der Waals surface area (Å²) in [6, 6.07) is 17.6. The Kier molecular flexibility index (Phi) is 5.32. The van der Waals surface area contributed by atoms with Crippen LogP contribution >= 0.6 is 10.6 Å². The van der Waals surface area contributed by atoms with Gasteiger partial charge in [0, 0.05) is 38.4 Å². The summed E-state index contributed by atoms with van der Waals surface area (Å²) in [5.41, 5.74) is 1.20. The fraction of sp³-hybridized carbons (Fsp3) is 0.440. The summed E-state index contributed by atoms with van der Waals surface area (Å²) in [5.74, 6) is 0.470. The number of hydrogen-bond donors (Lipinski definition) is 2. The third-order valence-corrected chi connectivity index (χ3v) is 9.42. The second-order valence-electron chi connectivity index (χ2n) is 9.95. The van der Waals surface area contributed by atoms with Gasteiger partial charge in [0.05, 0.1) is 28.0 Å². The predicted molar refractivity (Wildman–Crippen MR) is 132 cm³/mol. The molecule has 3 saturated heterocycles. The lowest BCUT2D eigenvalue weighted by molar-refractivity contribution is -0.128. The number of carbonyl (C=O) groups excluding carboxylic acids is 2. The number of amides is 2. The summed E-state index contributed by atoms with van der Waals surface area (Å²) in [6.07, 6.45) is 0. The minimum Gasteiger partial charge on any atom is -0.368 e. The van der Waals surface area contributed by atoms with Gasteiger partial charge in [-0.2, -0.15) is 10.6 Å². The molecule has 176 valence electrons. The predicted octanol–water partition coefficient (Wildman–Crippen LogP) is 3.66. The molecule has 2 aromatic rings. The fourth-order valence-corrected chi connectivity index (χ4v) is 6.71. The molecular weight excluding hydrogens is 438 g/mol. The van der Waals surface area contributed by atoms with Crippen molar-refractivity contribution in [3.8, 4) is 0 Å². The van der Waals surface area contributed by atoms with Crippen molar-refractivity contribution in [2.24, 2.45) is 10.8 Å². The van der Waals surface area contributed by atoms with Crippen molar-refractivity contribution in [2.75, 3.05) is 47.5 Å². The normalized spacial score (nSPS) is 30.5. The highest BCUT2D eigenvalue weighted by Gasteiger charge is 2.68. The van der Waals surface area contributed by atoms with Crippen molar-refractivity contribution >= 4 is 33.8 Å². The van der Waals surface area contributed by atoms with Gasteiger partial charge in [-0.3, -0.25) is 23.6 Å². The second-order valence-corrected chi connectivity index (χ2v) is 12.4. The van der Waals surface area contributed by atoms with Gasteiger partial charge in [-0.25, -0.2) is 4.90 Å². The van der Waals surface area contributed by atoms with Crippen LogP contribution < -0.4 is 9.80 Å². The van der Waals surface area contributed by atoms with Crippen molar-refractivity contribution < 1.29 is 18.7 Å². The minimum absolute atomic E-state index is 0.134. The Labute approximate surface area is 196 Å². The van der Waals surface area contributed by atoms with Crippen molar-refractivity contribution in [2.45, 2.75) is 20.4 Å². The molecule has 0 spiro atoms. The highest BCUT2D eigenvalue weighted by molar-refractivity contribution is 8.24. The van der Waals surface area contributed by atoms with E-state index in [-0.39, 0.29) is 11.8 Å². The molecule has 2 aromatic carbocycles. The summed E-state index contributed by atoms with van der Waals surface area (Å²) < 4.78 is 19.7. The zero-order valence-electron chi connectivity index (χ0n) is 19.1. The largest absolute Gasteiger partial charge is 0.368 e. The maximum Gasteiger partial charge on any atom is 0.242 e. The van der Waals surface area contributed by atoms with Crippen LogP contribution in [0.3, 0.4) is 0 Å². The molecular formula is C25H31N3O4S. The lowest BCUT2D eigenvalue weighted by atomic mass is 9.70. The quantitative estimate of drug-likeness (QED) is 0.665. The monoisotopic (exact) mass is 469 g/mol. The number of likely N-dealkylation sites (tertiary alicyclic amines) is 1. The maximum atomic E-state index is 13.6. The van der Waals surface area contributed by atoms with Crippen LogP contribution in [0.2, 0.25) is 0 Å². The molecule has 3 aliphatic heterocycles. The standard InChI is InChI=1S/C25H31N3O4S/c1-24-17-26(16-19-6-4-3-5-7-19)18-25(24,2)23(30)28(22(24)29)21-10-8-20(9-11-21)27-12-14-33(31,32)15-13-27/h3-11,31-32H,12-18H2,1-2H3. The van der Waals surface area contributed by atoms with E-state index in [1.807, 2.05) is 56.3 Å². The Bertz CT molecular complexity index is 1040. The highest BCUT2D eigenvalue weighted by Crippen LogP contribution is 2.54. The SMILES string of the molecule is CC12CN(Cc3ccccc3)CC1(C)C(=O)N(c1ccc(N3CCS(O)(O)CC3)cc1)C2=O. The van der Waals surface area contributed by atoms with Crippen molar-refractivity contribution in [1.82, 2.24) is 4.90 Å². The van der Waals surface area contributed by atoms with Crippen LogP contribution in [0.5, 0.6) is 0 Å². The first kappa shape index (κ1) is 22.4. The Morgan fingerprint density at radius 1 is 0.818 bits per heavy atom. The van der Waals surface area contributed by atoms with Crippen LogP contribution in [-0.4, -0.2) is 63.5 Å². The number of fused-ring (bicyclic) bond motifs is 1. The fourth-order valence-electron chi connectivity index (χ4n) is 5.48. The maximum absolute atomic E-state index is 13.6. The van der Waals surface area contributed by atoms with Gasteiger partial charge in [-0.1, -0.05) is 30.3 Å². The summed E-state index contributed by atoms with van der Waals surface area (Å²) in [6.45, 7) is 6.85. The highest BCUT2D eigenvalue weighted by atomic mass is 32.3. The van der Waals surface area contributed by atoms with Crippen LogP contribution in [0.1, 0.15) is 19.4 Å². The molecule has 7 nitrogen and oxygen atoms in total. The van der Waals surface area contributed by atoms with Crippen molar-refractivity contribution in [1.29, 1.82) is 0 Å². The number of nitrogens with zero attached hydrogens (tertiary/aromatic N) is 3. The van der Waals surface area contributed by atoms with Gasteiger partial charge in [-0.05, 0) is 43.7 Å².